The number of hydrogen-bond acceptors (Lipinski definition) is 4. The zero-order chi connectivity index (χ0) is 22.8. The maximum Gasteiger partial charge on any atom is 0.253 e. The summed E-state index contributed by atoms with van der Waals surface area (Å²) in [6.07, 6.45) is 5.70. The summed E-state index contributed by atoms with van der Waals surface area (Å²) in [5.41, 5.74) is 2.45. The third-order valence-corrected chi connectivity index (χ3v) is 6.19. The lowest BCUT2D eigenvalue weighted by Gasteiger charge is -2.16. The van der Waals surface area contributed by atoms with E-state index >= 15 is 0 Å². The first-order valence-electron chi connectivity index (χ1n) is 11.0. The van der Waals surface area contributed by atoms with E-state index in [1.54, 1.807) is 36.7 Å². The largest absolute Gasteiger partial charge is 0.357 e. The minimum absolute atomic E-state index is 0.108. The Bertz CT molecular complexity index is 1360. The Balaban J connectivity index is 1.42. The summed E-state index contributed by atoms with van der Waals surface area (Å²) in [7, 11) is 0. The number of para-hydroxylation sites is 1. The van der Waals surface area contributed by atoms with Gasteiger partial charge in [0, 0.05) is 53.7 Å². The van der Waals surface area contributed by atoms with Crippen LogP contribution in [0.2, 0.25) is 5.02 Å². The minimum Gasteiger partial charge on any atom is -0.357 e. The van der Waals surface area contributed by atoms with Crippen LogP contribution < -0.4 is 15.6 Å². The number of nitrogens with zero attached hydrogens (tertiary/aromatic N) is 3. The lowest BCUT2D eigenvalue weighted by Crippen LogP contribution is -2.27. The fraction of sp³-hybridized carbons (Fsp3) is 0.192. The van der Waals surface area contributed by atoms with Crippen LogP contribution in [0.4, 0.5) is 5.82 Å². The standard InChI is InChI=1S/C26H23ClN4O2/c27-20-9-10-22-23(14-20)31(21-6-2-1-3-7-21)17-19(25(22)32)16-29-26(33)18-8-11-24(28-15-18)30-12-4-5-13-30/h1-3,6-11,14-15,17H,4-5,12-13,16H2,(H,29,33). The van der Waals surface area contributed by atoms with Crippen LogP contribution >= 0.6 is 11.6 Å². The second kappa shape index (κ2) is 9.08. The Labute approximate surface area is 196 Å². The quantitative estimate of drug-likeness (QED) is 0.475. The van der Waals surface area contributed by atoms with E-state index in [9.17, 15) is 9.59 Å². The van der Waals surface area contributed by atoms with Crippen LogP contribution in [0.5, 0.6) is 0 Å². The Morgan fingerprint density at radius 1 is 1.03 bits per heavy atom. The van der Waals surface area contributed by atoms with Crippen molar-refractivity contribution in [3.63, 3.8) is 0 Å². The van der Waals surface area contributed by atoms with Crippen LogP contribution in [0.15, 0.2) is 77.9 Å². The molecule has 0 atom stereocenters. The van der Waals surface area contributed by atoms with E-state index in [4.69, 9.17) is 11.6 Å². The topological polar surface area (TPSA) is 67.2 Å². The second-order valence-electron chi connectivity index (χ2n) is 8.13. The molecule has 1 fully saturated rings. The molecule has 7 heteroatoms. The molecule has 0 unspecified atom stereocenters. The number of carbonyl (C=O) groups is 1. The lowest BCUT2D eigenvalue weighted by molar-refractivity contribution is 0.0950. The number of halogens is 1. The molecule has 33 heavy (non-hydrogen) atoms. The zero-order valence-corrected chi connectivity index (χ0v) is 18.8. The van der Waals surface area contributed by atoms with E-state index in [-0.39, 0.29) is 17.9 Å². The molecule has 166 valence electrons. The van der Waals surface area contributed by atoms with E-state index in [0.717, 1.165) is 30.1 Å². The number of hydrogen-bond donors (Lipinski definition) is 1. The van der Waals surface area contributed by atoms with Gasteiger partial charge in [0.15, 0.2) is 5.43 Å². The molecule has 1 N–H and O–H groups in total. The number of rotatable bonds is 5. The Hall–Kier alpha value is -3.64. The third-order valence-electron chi connectivity index (χ3n) is 5.95. The van der Waals surface area contributed by atoms with Crippen LogP contribution in [0.1, 0.15) is 28.8 Å². The van der Waals surface area contributed by atoms with Crippen molar-refractivity contribution in [1.29, 1.82) is 0 Å². The van der Waals surface area contributed by atoms with Gasteiger partial charge >= 0.3 is 0 Å². The van der Waals surface area contributed by atoms with Crippen LogP contribution in [0, 0.1) is 0 Å². The molecule has 6 nitrogen and oxygen atoms in total. The number of pyridine rings is 2. The van der Waals surface area contributed by atoms with E-state index in [1.807, 2.05) is 41.0 Å². The number of carbonyl (C=O) groups excluding carboxylic acids is 1. The molecule has 1 aliphatic heterocycles. The Morgan fingerprint density at radius 2 is 1.82 bits per heavy atom. The van der Waals surface area contributed by atoms with Gasteiger partial charge in [-0.1, -0.05) is 29.8 Å². The molecule has 3 heterocycles. The first-order chi connectivity index (χ1) is 16.1. The van der Waals surface area contributed by atoms with Crippen molar-refractivity contribution in [3.8, 4) is 5.69 Å². The number of anilines is 1. The molecule has 0 bridgehead atoms. The highest BCUT2D eigenvalue weighted by atomic mass is 35.5. The number of aromatic nitrogens is 2. The fourth-order valence-corrected chi connectivity index (χ4v) is 4.38. The molecule has 2 aromatic heterocycles. The lowest BCUT2D eigenvalue weighted by atomic mass is 10.1. The van der Waals surface area contributed by atoms with Gasteiger partial charge in [-0.15, -0.1) is 0 Å². The summed E-state index contributed by atoms with van der Waals surface area (Å²) in [5.74, 6) is 0.625. The van der Waals surface area contributed by atoms with E-state index in [2.05, 4.69) is 15.2 Å². The maximum atomic E-state index is 13.1. The van der Waals surface area contributed by atoms with Gasteiger partial charge in [0.1, 0.15) is 5.82 Å². The average molecular weight is 459 g/mol. The molecule has 0 radical (unpaired) electrons. The summed E-state index contributed by atoms with van der Waals surface area (Å²) in [6, 6.07) is 18.6. The summed E-state index contributed by atoms with van der Waals surface area (Å²) in [4.78, 5) is 32.5. The average Bonchev–Trinajstić information content (AvgIpc) is 3.39. The van der Waals surface area contributed by atoms with Crippen LogP contribution in [0.3, 0.4) is 0 Å². The predicted octanol–water partition coefficient (Wildman–Crippen LogP) is 4.57. The van der Waals surface area contributed by atoms with Gasteiger partial charge in [0.05, 0.1) is 11.1 Å². The summed E-state index contributed by atoms with van der Waals surface area (Å²) >= 11 is 6.21. The van der Waals surface area contributed by atoms with Crippen molar-refractivity contribution in [2.75, 3.05) is 18.0 Å². The zero-order valence-electron chi connectivity index (χ0n) is 18.0. The molecule has 1 amide bonds. The van der Waals surface area contributed by atoms with Crippen molar-refractivity contribution in [3.05, 3.63) is 99.4 Å². The molecule has 1 saturated heterocycles. The molecule has 4 aromatic rings. The molecular formula is C26H23ClN4O2. The monoisotopic (exact) mass is 458 g/mol. The number of nitrogens with one attached hydrogen (secondary N) is 1. The van der Waals surface area contributed by atoms with E-state index in [0.29, 0.717) is 21.5 Å². The fourth-order valence-electron chi connectivity index (χ4n) is 4.21. The van der Waals surface area contributed by atoms with Gasteiger partial charge < -0.3 is 14.8 Å². The van der Waals surface area contributed by atoms with Gasteiger partial charge in [-0.3, -0.25) is 9.59 Å². The van der Waals surface area contributed by atoms with E-state index in [1.165, 1.54) is 12.8 Å². The van der Waals surface area contributed by atoms with Crippen molar-refractivity contribution >= 4 is 34.2 Å². The number of fused-ring (bicyclic) bond motifs is 1. The van der Waals surface area contributed by atoms with Crippen LogP contribution in [0.25, 0.3) is 16.6 Å². The molecule has 5 rings (SSSR count). The van der Waals surface area contributed by atoms with Gasteiger partial charge in [-0.05, 0) is 55.3 Å². The maximum absolute atomic E-state index is 13.1. The summed E-state index contributed by atoms with van der Waals surface area (Å²) in [6.45, 7) is 2.11. The van der Waals surface area contributed by atoms with Crippen molar-refractivity contribution in [2.45, 2.75) is 19.4 Å². The van der Waals surface area contributed by atoms with Crippen molar-refractivity contribution in [2.24, 2.45) is 0 Å². The molecule has 0 aliphatic carbocycles. The van der Waals surface area contributed by atoms with Crippen LogP contribution in [-0.4, -0.2) is 28.5 Å². The smallest absolute Gasteiger partial charge is 0.253 e. The van der Waals surface area contributed by atoms with Crippen molar-refractivity contribution in [1.82, 2.24) is 14.9 Å². The molecule has 0 saturated carbocycles. The number of amides is 1. The van der Waals surface area contributed by atoms with Gasteiger partial charge in [0.2, 0.25) is 0 Å². The first-order valence-corrected chi connectivity index (χ1v) is 11.4. The SMILES string of the molecule is O=C(NCc1cn(-c2ccccc2)c2cc(Cl)ccc2c1=O)c1ccc(N2CCCC2)nc1. The third kappa shape index (κ3) is 4.34. The Morgan fingerprint density at radius 3 is 2.55 bits per heavy atom. The normalized spacial score (nSPS) is 13.4. The van der Waals surface area contributed by atoms with Gasteiger partial charge in [-0.2, -0.15) is 0 Å². The van der Waals surface area contributed by atoms with Gasteiger partial charge in [-0.25, -0.2) is 4.98 Å². The highest BCUT2D eigenvalue weighted by Crippen LogP contribution is 2.22. The van der Waals surface area contributed by atoms with Gasteiger partial charge in [0.25, 0.3) is 5.91 Å². The predicted molar refractivity (Wildman–Crippen MR) is 131 cm³/mol. The van der Waals surface area contributed by atoms with Crippen LogP contribution in [-0.2, 0) is 6.54 Å². The Kier molecular flexibility index (Phi) is 5.84. The number of benzene rings is 2. The second-order valence-corrected chi connectivity index (χ2v) is 8.57. The highest BCUT2D eigenvalue weighted by Gasteiger charge is 2.15. The minimum atomic E-state index is -0.266. The molecule has 0 spiro atoms. The first kappa shape index (κ1) is 21.2. The highest BCUT2D eigenvalue weighted by molar-refractivity contribution is 6.31. The summed E-state index contributed by atoms with van der Waals surface area (Å²) < 4.78 is 1.93. The van der Waals surface area contributed by atoms with Crippen molar-refractivity contribution < 1.29 is 4.79 Å². The van der Waals surface area contributed by atoms with E-state index < -0.39 is 0 Å². The molecule has 2 aromatic carbocycles. The summed E-state index contributed by atoms with van der Waals surface area (Å²) in [5, 5.41) is 3.97. The molecular weight excluding hydrogens is 436 g/mol. The molecule has 1 aliphatic rings.